The van der Waals surface area contributed by atoms with Gasteiger partial charge in [-0.05, 0) is 20.8 Å². The van der Waals surface area contributed by atoms with Gasteiger partial charge in [0, 0.05) is 34.2 Å². The maximum absolute atomic E-state index is 11.8. The first-order valence-corrected chi connectivity index (χ1v) is 10.6. The van der Waals surface area contributed by atoms with Gasteiger partial charge in [0.2, 0.25) is 0 Å². The SMILES string of the molecule is CC(=O)OC[C@H]1O[C@H](OCCNC(=O)OC(C)(C)C)[C@@H](OC(C)=O)[C@@H](OC(C)=O)[C@@H]1OC(C)=O. The van der Waals surface area contributed by atoms with Gasteiger partial charge in [-0.2, -0.15) is 0 Å². The number of carbonyl (C=O) groups is 5. The second-order valence-corrected chi connectivity index (χ2v) is 8.37. The van der Waals surface area contributed by atoms with E-state index in [4.69, 9.17) is 33.2 Å². The van der Waals surface area contributed by atoms with Crippen LogP contribution in [0.1, 0.15) is 48.5 Å². The lowest BCUT2D eigenvalue weighted by atomic mass is 9.98. The molecule has 13 heteroatoms. The average Bonchev–Trinajstić information content (AvgIpc) is 2.65. The molecular weight excluding hydrogens is 458 g/mol. The predicted molar refractivity (Wildman–Crippen MR) is 112 cm³/mol. The molecule has 0 unspecified atom stereocenters. The number of ether oxygens (including phenoxy) is 7. The van der Waals surface area contributed by atoms with Crippen LogP contribution in [0.2, 0.25) is 0 Å². The summed E-state index contributed by atoms with van der Waals surface area (Å²) in [6.45, 7) is 9.18. The molecule has 1 saturated heterocycles. The molecule has 194 valence electrons. The van der Waals surface area contributed by atoms with Gasteiger partial charge in [0.05, 0.1) is 6.61 Å². The van der Waals surface area contributed by atoms with Crippen LogP contribution in [0.3, 0.4) is 0 Å². The van der Waals surface area contributed by atoms with E-state index >= 15 is 0 Å². The number of hydrogen-bond acceptors (Lipinski definition) is 12. The number of nitrogens with one attached hydrogen (secondary N) is 1. The summed E-state index contributed by atoms with van der Waals surface area (Å²) in [6.07, 6.45) is -7.04. The summed E-state index contributed by atoms with van der Waals surface area (Å²) >= 11 is 0. The van der Waals surface area contributed by atoms with Gasteiger partial charge in [-0.1, -0.05) is 0 Å². The van der Waals surface area contributed by atoms with E-state index in [9.17, 15) is 24.0 Å². The summed E-state index contributed by atoms with van der Waals surface area (Å²) in [5.41, 5.74) is -0.690. The van der Waals surface area contributed by atoms with Gasteiger partial charge >= 0.3 is 30.0 Å². The molecule has 1 amide bonds. The van der Waals surface area contributed by atoms with Crippen molar-refractivity contribution in [1.82, 2.24) is 5.32 Å². The molecule has 0 aromatic heterocycles. The van der Waals surface area contributed by atoms with E-state index in [2.05, 4.69) is 5.32 Å². The third kappa shape index (κ3) is 10.8. The number of esters is 4. The van der Waals surface area contributed by atoms with Crippen LogP contribution in [0.25, 0.3) is 0 Å². The molecular formula is C21H33NO12. The van der Waals surface area contributed by atoms with Gasteiger partial charge in [0.25, 0.3) is 0 Å². The van der Waals surface area contributed by atoms with E-state index in [1.54, 1.807) is 20.8 Å². The first kappa shape index (κ1) is 29.1. The molecule has 0 radical (unpaired) electrons. The molecule has 0 aromatic rings. The van der Waals surface area contributed by atoms with E-state index < -0.39 is 66.3 Å². The third-order valence-electron chi connectivity index (χ3n) is 4.00. The first-order valence-electron chi connectivity index (χ1n) is 10.6. The minimum atomic E-state index is -1.33. The highest BCUT2D eigenvalue weighted by atomic mass is 16.7. The number of rotatable bonds is 9. The van der Waals surface area contributed by atoms with Crippen LogP contribution in [0.5, 0.6) is 0 Å². The Kier molecular flexibility index (Phi) is 11.2. The van der Waals surface area contributed by atoms with Gasteiger partial charge in [0.15, 0.2) is 24.6 Å². The Morgan fingerprint density at radius 1 is 0.794 bits per heavy atom. The van der Waals surface area contributed by atoms with Gasteiger partial charge in [-0.3, -0.25) is 19.2 Å². The fourth-order valence-corrected chi connectivity index (χ4v) is 2.97. The molecule has 1 N–H and O–H groups in total. The second kappa shape index (κ2) is 13.1. The number of hydrogen-bond donors (Lipinski definition) is 1. The third-order valence-corrected chi connectivity index (χ3v) is 4.00. The fourth-order valence-electron chi connectivity index (χ4n) is 2.97. The quantitative estimate of drug-likeness (QED) is 0.272. The van der Waals surface area contributed by atoms with E-state index in [1.807, 2.05) is 0 Å². The molecule has 0 bridgehead atoms. The maximum atomic E-state index is 11.8. The molecule has 13 nitrogen and oxygen atoms in total. The van der Waals surface area contributed by atoms with Gasteiger partial charge in [-0.25, -0.2) is 4.79 Å². The monoisotopic (exact) mass is 491 g/mol. The van der Waals surface area contributed by atoms with E-state index in [1.165, 1.54) is 6.92 Å². The minimum absolute atomic E-state index is 0.00177. The summed E-state index contributed by atoms with van der Waals surface area (Å²) in [5.74, 6) is -2.86. The highest BCUT2D eigenvalue weighted by molar-refractivity contribution is 5.69. The van der Waals surface area contributed by atoms with Crippen molar-refractivity contribution in [3.8, 4) is 0 Å². The zero-order valence-electron chi connectivity index (χ0n) is 20.4. The van der Waals surface area contributed by atoms with Gasteiger partial charge < -0.3 is 38.5 Å². The van der Waals surface area contributed by atoms with Gasteiger partial charge in [0.1, 0.15) is 18.3 Å². The van der Waals surface area contributed by atoms with Crippen LogP contribution in [0.4, 0.5) is 4.79 Å². The van der Waals surface area contributed by atoms with Crippen molar-refractivity contribution in [2.45, 2.75) is 84.8 Å². The molecule has 0 aromatic carbocycles. The Hall–Kier alpha value is -2.93. The summed E-state index contributed by atoms with van der Waals surface area (Å²) in [6, 6.07) is 0. The Labute approximate surface area is 197 Å². The lowest BCUT2D eigenvalue weighted by Gasteiger charge is -2.44. The molecule has 1 rings (SSSR count). The van der Waals surface area contributed by atoms with E-state index in [-0.39, 0.29) is 19.8 Å². The van der Waals surface area contributed by atoms with Crippen molar-refractivity contribution in [2.24, 2.45) is 0 Å². The van der Waals surface area contributed by atoms with Crippen LogP contribution in [0.15, 0.2) is 0 Å². The van der Waals surface area contributed by atoms with Gasteiger partial charge in [-0.15, -0.1) is 0 Å². The topological polar surface area (TPSA) is 162 Å². The Bertz CT molecular complexity index is 747. The average molecular weight is 491 g/mol. The lowest BCUT2D eigenvalue weighted by Crippen LogP contribution is -2.63. The molecule has 0 spiro atoms. The molecule has 0 saturated carbocycles. The zero-order chi connectivity index (χ0) is 26.1. The van der Waals surface area contributed by atoms with Crippen LogP contribution in [-0.4, -0.2) is 86.0 Å². The first-order chi connectivity index (χ1) is 15.7. The van der Waals surface area contributed by atoms with Crippen molar-refractivity contribution in [1.29, 1.82) is 0 Å². The Morgan fingerprint density at radius 2 is 1.32 bits per heavy atom. The maximum Gasteiger partial charge on any atom is 0.407 e. The summed E-state index contributed by atoms with van der Waals surface area (Å²) < 4.78 is 37.4. The number of amides is 1. The van der Waals surface area contributed by atoms with Crippen molar-refractivity contribution >= 4 is 30.0 Å². The molecule has 34 heavy (non-hydrogen) atoms. The Balaban J connectivity index is 3.06. The molecule has 1 aliphatic heterocycles. The highest BCUT2D eigenvalue weighted by Gasteiger charge is 2.52. The van der Waals surface area contributed by atoms with E-state index in [0.29, 0.717) is 0 Å². The van der Waals surface area contributed by atoms with Crippen LogP contribution < -0.4 is 5.32 Å². The van der Waals surface area contributed by atoms with Crippen molar-refractivity contribution in [3.63, 3.8) is 0 Å². The summed E-state index contributed by atoms with van der Waals surface area (Å²) in [4.78, 5) is 58.3. The van der Waals surface area contributed by atoms with E-state index in [0.717, 1.165) is 20.8 Å². The molecule has 1 heterocycles. The fraction of sp³-hybridized carbons (Fsp3) is 0.762. The Morgan fingerprint density at radius 3 is 1.82 bits per heavy atom. The largest absolute Gasteiger partial charge is 0.463 e. The highest BCUT2D eigenvalue weighted by Crippen LogP contribution is 2.29. The van der Waals surface area contributed by atoms with Crippen molar-refractivity contribution in [2.75, 3.05) is 19.8 Å². The molecule has 0 aliphatic carbocycles. The minimum Gasteiger partial charge on any atom is -0.463 e. The van der Waals surface area contributed by atoms with Crippen LogP contribution >= 0.6 is 0 Å². The standard InChI is InChI=1S/C21H33NO12/c1-11(23)29-10-15-16(30-12(2)24)17(31-13(3)25)18(32-14(4)26)19(33-15)28-9-8-22-20(27)34-21(5,6)7/h15-19H,8-10H2,1-7H3,(H,22,27)/t15-,16-,17+,18+,19+/m1/s1. The summed E-state index contributed by atoms with van der Waals surface area (Å²) in [7, 11) is 0. The summed E-state index contributed by atoms with van der Waals surface area (Å²) in [5, 5.41) is 2.49. The molecule has 1 fully saturated rings. The normalized spacial score (nSPS) is 24.4. The molecule has 5 atom stereocenters. The van der Waals surface area contributed by atoms with Crippen LogP contribution in [-0.2, 0) is 52.3 Å². The predicted octanol–water partition coefficient (Wildman–Crippen LogP) is 0.611. The smallest absolute Gasteiger partial charge is 0.407 e. The lowest BCUT2D eigenvalue weighted by molar-refractivity contribution is -0.307. The number of carbonyl (C=O) groups excluding carboxylic acids is 5. The zero-order valence-corrected chi connectivity index (χ0v) is 20.4. The van der Waals surface area contributed by atoms with Crippen molar-refractivity contribution in [3.05, 3.63) is 0 Å². The second-order valence-electron chi connectivity index (χ2n) is 8.37. The number of alkyl carbamates (subject to hydrolysis) is 1. The van der Waals surface area contributed by atoms with Crippen LogP contribution in [0, 0.1) is 0 Å². The van der Waals surface area contributed by atoms with Crippen molar-refractivity contribution < 1.29 is 57.1 Å². The molecule has 1 aliphatic rings.